The van der Waals surface area contributed by atoms with Crippen molar-refractivity contribution < 1.29 is 4.79 Å². The molecule has 5 N–H and O–H groups in total. The van der Waals surface area contributed by atoms with Crippen molar-refractivity contribution in [2.75, 3.05) is 0 Å². The van der Waals surface area contributed by atoms with Crippen molar-refractivity contribution in [1.29, 1.82) is 0 Å². The van der Waals surface area contributed by atoms with Crippen LogP contribution in [0.2, 0.25) is 0 Å². The third kappa shape index (κ3) is 4.30. The fourth-order valence-electron chi connectivity index (χ4n) is 4.04. The zero-order chi connectivity index (χ0) is 20.2. The highest BCUT2D eigenvalue weighted by Crippen LogP contribution is 2.29. The molecule has 0 atom stereocenters. The van der Waals surface area contributed by atoms with Crippen LogP contribution in [-0.4, -0.2) is 23.0 Å². The Labute approximate surface area is 170 Å². The second-order valence-electron chi connectivity index (χ2n) is 7.67. The maximum Gasteiger partial charge on any atom is 0.251 e. The number of nitrogens with one attached hydrogen (secondary N) is 1. The first-order chi connectivity index (χ1) is 14.1. The number of fused-ring (bicyclic) bond motifs is 1. The molecule has 1 saturated carbocycles. The summed E-state index contributed by atoms with van der Waals surface area (Å²) < 4.78 is 0. The average molecular weight is 386 g/mol. The van der Waals surface area contributed by atoms with Crippen molar-refractivity contribution in [1.82, 2.24) is 10.3 Å². The smallest absolute Gasteiger partial charge is 0.251 e. The number of amides is 1. The quantitative estimate of drug-likeness (QED) is 0.586. The second kappa shape index (κ2) is 8.45. The van der Waals surface area contributed by atoms with Gasteiger partial charge in [0.15, 0.2) is 0 Å². The van der Waals surface area contributed by atoms with E-state index in [9.17, 15) is 4.79 Å². The van der Waals surface area contributed by atoms with Gasteiger partial charge in [0.1, 0.15) is 0 Å². The van der Waals surface area contributed by atoms with Gasteiger partial charge in [0, 0.05) is 30.0 Å². The third-order valence-electron chi connectivity index (χ3n) is 5.62. The summed E-state index contributed by atoms with van der Waals surface area (Å²) in [5, 5.41) is 5.81. The van der Waals surface area contributed by atoms with E-state index in [0.29, 0.717) is 5.57 Å². The number of pyridine rings is 1. The Hall–Kier alpha value is -3.18. The van der Waals surface area contributed by atoms with Crippen molar-refractivity contribution in [3.05, 3.63) is 78.1 Å². The number of nitrogens with zero attached hydrogens (tertiary/aromatic N) is 1. The molecule has 3 aromatic rings. The van der Waals surface area contributed by atoms with E-state index in [1.54, 1.807) is 12.4 Å². The molecule has 4 rings (SSSR count). The van der Waals surface area contributed by atoms with Gasteiger partial charge >= 0.3 is 0 Å². The van der Waals surface area contributed by atoms with Crippen LogP contribution < -0.4 is 16.8 Å². The molecule has 5 heteroatoms. The molecule has 0 spiro atoms. The largest absolute Gasteiger partial charge is 0.381 e. The standard InChI is InChI=1S/C24H26N4O/c25-20-7-9-21(10-8-20)28-23(17-11-13-27-14-12-17)22(24(26)29)19-6-5-16-3-1-2-4-18(16)15-19/h1-6,11-15,20-21,28H,7-10,25H2,(H2,26,29)/b23-22-. The van der Waals surface area contributed by atoms with Gasteiger partial charge in [0.2, 0.25) is 0 Å². The Morgan fingerprint density at radius 2 is 1.59 bits per heavy atom. The molecule has 2 aromatic carbocycles. The van der Waals surface area contributed by atoms with Gasteiger partial charge in [-0.15, -0.1) is 0 Å². The van der Waals surface area contributed by atoms with Gasteiger partial charge in [-0.25, -0.2) is 0 Å². The Kier molecular flexibility index (Phi) is 5.58. The van der Waals surface area contributed by atoms with Gasteiger partial charge in [-0.1, -0.05) is 36.4 Å². The highest BCUT2D eigenvalue weighted by atomic mass is 16.1. The Morgan fingerprint density at radius 1 is 0.897 bits per heavy atom. The van der Waals surface area contributed by atoms with Crippen LogP contribution in [0, 0.1) is 0 Å². The zero-order valence-corrected chi connectivity index (χ0v) is 16.3. The van der Waals surface area contributed by atoms with E-state index in [2.05, 4.69) is 16.4 Å². The molecular weight excluding hydrogens is 360 g/mol. The molecule has 148 valence electrons. The molecule has 1 heterocycles. The van der Waals surface area contributed by atoms with Crippen LogP contribution in [0.1, 0.15) is 36.8 Å². The summed E-state index contributed by atoms with van der Waals surface area (Å²) in [6.07, 6.45) is 7.35. The van der Waals surface area contributed by atoms with Crippen molar-refractivity contribution in [2.45, 2.75) is 37.8 Å². The normalized spacial score (nSPS) is 20.2. The van der Waals surface area contributed by atoms with E-state index in [1.807, 2.05) is 48.5 Å². The summed E-state index contributed by atoms with van der Waals surface area (Å²) in [5.74, 6) is -0.452. The molecule has 0 aliphatic heterocycles. The molecule has 1 aromatic heterocycles. The first-order valence-corrected chi connectivity index (χ1v) is 10.1. The van der Waals surface area contributed by atoms with E-state index in [-0.39, 0.29) is 12.1 Å². The third-order valence-corrected chi connectivity index (χ3v) is 5.62. The van der Waals surface area contributed by atoms with Crippen molar-refractivity contribution in [2.24, 2.45) is 11.5 Å². The lowest BCUT2D eigenvalue weighted by Crippen LogP contribution is -2.37. The van der Waals surface area contributed by atoms with Gasteiger partial charge in [-0.3, -0.25) is 9.78 Å². The van der Waals surface area contributed by atoms with Crippen LogP contribution in [-0.2, 0) is 4.79 Å². The lowest BCUT2D eigenvalue weighted by molar-refractivity contribution is -0.112. The Bertz CT molecular complexity index is 1040. The number of carbonyl (C=O) groups is 1. The van der Waals surface area contributed by atoms with Crippen LogP contribution in [0.5, 0.6) is 0 Å². The summed E-state index contributed by atoms with van der Waals surface area (Å²) in [7, 11) is 0. The first kappa shape index (κ1) is 19.2. The number of aromatic nitrogens is 1. The SMILES string of the molecule is NC(=O)/C(=C(\NC1CCC(N)CC1)c1ccncc1)c1ccc2ccccc2c1. The van der Waals surface area contributed by atoms with Crippen molar-refractivity contribution in [3.8, 4) is 0 Å². The summed E-state index contributed by atoms with van der Waals surface area (Å²) in [6, 6.07) is 18.4. The van der Waals surface area contributed by atoms with Crippen LogP contribution >= 0.6 is 0 Å². The van der Waals surface area contributed by atoms with E-state index < -0.39 is 5.91 Å². The van der Waals surface area contributed by atoms with Crippen LogP contribution in [0.25, 0.3) is 22.0 Å². The summed E-state index contributed by atoms with van der Waals surface area (Å²) in [5.41, 5.74) is 14.9. The maximum atomic E-state index is 12.6. The molecular formula is C24H26N4O. The lowest BCUT2D eigenvalue weighted by Gasteiger charge is -2.29. The van der Waals surface area contributed by atoms with Gasteiger partial charge in [-0.05, 0) is 60.2 Å². The van der Waals surface area contributed by atoms with Crippen molar-refractivity contribution >= 4 is 27.9 Å². The predicted octanol–water partition coefficient (Wildman–Crippen LogP) is 3.45. The lowest BCUT2D eigenvalue weighted by atomic mass is 9.90. The van der Waals surface area contributed by atoms with Gasteiger partial charge in [-0.2, -0.15) is 0 Å². The number of primary amides is 1. The molecule has 0 saturated heterocycles. The molecule has 1 amide bonds. The molecule has 0 radical (unpaired) electrons. The summed E-state index contributed by atoms with van der Waals surface area (Å²) in [6.45, 7) is 0. The minimum atomic E-state index is -0.452. The molecule has 0 bridgehead atoms. The van der Waals surface area contributed by atoms with Gasteiger partial charge < -0.3 is 16.8 Å². The summed E-state index contributed by atoms with van der Waals surface area (Å²) in [4.78, 5) is 16.8. The van der Waals surface area contributed by atoms with Gasteiger partial charge in [0.05, 0.1) is 11.3 Å². The van der Waals surface area contributed by atoms with E-state index in [1.165, 1.54) is 0 Å². The molecule has 29 heavy (non-hydrogen) atoms. The number of rotatable bonds is 5. The van der Waals surface area contributed by atoms with E-state index in [0.717, 1.165) is 53.3 Å². The minimum Gasteiger partial charge on any atom is -0.381 e. The molecule has 5 nitrogen and oxygen atoms in total. The molecule has 1 fully saturated rings. The van der Waals surface area contributed by atoms with E-state index in [4.69, 9.17) is 11.5 Å². The van der Waals surface area contributed by atoms with Crippen molar-refractivity contribution in [3.63, 3.8) is 0 Å². The topological polar surface area (TPSA) is 94.0 Å². The fourth-order valence-corrected chi connectivity index (χ4v) is 4.04. The molecule has 0 unspecified atom stereocenters. The number of nitrogens with two attached hydrogens (primary N) is 2. The first-order valence-electron chi connectivity index (χ1n) is 10.1. The predicted molar refractivity (Wildman–Crippen MR) is 118 cm³/mol. The number of benzene rings is 2. The second-order valence-corrected chi connectivity index (χ2v) is 7.67. The number of hydrogen-bond acceptors (Lipinski definition) is 4. The highest BCUT2D eigenvalue weighted by Gasteiger charge is 2.23. The Morgan fingerprint density at radius 3 is 2.28 bits per heavy atom. The van der Waals surface area contributed by atoms with Gasteiger partial charge in [0.25, 0.3) is 5.91 Å². The van der Waals surface area contributed by atoms with Crippen LogP contribution in [0.3, 0.4) is 0 Å². The Balaban J connectivity index is 1.83. The highest BCUT2D eigenvalue weighted by molar-refractivity contribution is 6.26. The molecule has 1 aliphatic rings. The minimum absolute atomic E-state index is 0.257. The fraction of sp³-hybridized carbons (Fsp3) is 0.250. The molecule has 1 aliphatic carbocycles. The monoisotopic (exact) mass is 386 g/mol. The van der Waals surface area contributed by atoms with E-state index >= 15 is 0 Å². The maximum absolute atomic E-state index is 12.6. The number of carbonyl (C=O) groups excluding carboxylic acids is 1. The van der Waals surface area contributed by atoms with Crippen LogP contribution in [0.4, 0.5) is 0 Å². The zero-order valence-electron chi connectivity index (χ0n) is 16.3. The average Bonchev–Trinajstić information content (AvgIpc) is 2.75. The number of hydrogen-bond donors (Lipinski definition) is 3. The van der Waals surface area contributed by atoms with Crippen LogP contribution in [0.15, 0.2) is 67.0 Å². The summed E-state index contributed by atoms with van der Waals surface area (Å²) >= 11 is 0.